The SMILES string of the molecule is Nc1cc(C(=O)Nc2cccc(C(F)(F)F)c2)c2[nH]ncc2c1. The van der Waals surface area contributed by atoms with Crippen molar-refractivity contribution in [2.75, 3.05) is 11.1 Å². The van der Waals surface area contributed by atoms with Gasteiger partial charge in [-0.25, -0.2) is 0 Å². The maximum absolute atomic E-state index is 12.7. The number of aromatic nitrogens is 2. The summed E-state index contributed by atoms with van der Waals surface area (Å²) in [7, 11) is 0. The Morgan fingerprint density at radius 3 is 2.74 bits per heavy atom. The molecule has 0 radical (unpaired) electrons. The Bertz CT molecular complexity index is 886. The van der Waals surface area contributed by atoms with E-state index in [0.29, 0.717) is 16.6 Å². The molecule has 2 aromatic carbocycles. The van der Waals surface area contributed by atoms with Crippen molar-refractivity contribution in [3.63, 3.8) is 0 Å². The first-order valence-electron chi connectivity index (χ1n) is 6.56. The fourth-order valence-corrected chi connectivity index (χ4v) is 2.23. The third kappa shape index (κ3) is 2.96. The molecule has 0 fully saturated rings. The summed E-state index contributed by atoms with van der Waals surface area (Å²) < 4.78 is 38.1. The van der Waals surface area contributed by atoms with E-state index in [1.165, 1.54) is 24.4 Å². The van der Waals surface area contributed by atoms with E-state index in [1.54, 1.807) is 6.07 Å². The molecule has 1 amide bonds. The fourth-order valence-electron chi connectivity index (χ4n) is 2.23. The zero-order chi connectivity index (χ0) is 16.6. The van der Waals surface area contributed by atoms with Crippen LogP contribution in [0.4, 0.5) is 24.5 Å². The highest BCUT2D eigenvalue weighted by molar-refractivity contribution is 6.12. The number of anilines is 2. The van der Waals surface area contributed by atoms with Crippen LogP contribution in [0.2, 0.25) is 0 Å². The monoisotopic (exact) mass is 320 g/mol. The van der Waals surface area contributed by atoms with E-state index >= 15 is 0 Å². The number of nitrogen functional groups attached to an aromatic ring is 1. The lowest BCUT2D eigenvalue weighted by Crippen LogP contribution is -2.14. The van der Waals surface area contributed by atoms with Gasteiger partial charge < -0.3 is 11.1 Å². The molecule has 0 bridgehead atoms. The number of nitrogens with two attached hydrogens (primary N) is 1. The van der Waals surface area contributed by atoms with Crippen LogP contribution in [-0.2, 0) is 6.18 Å². The molecule has 0 aliphatic carbocycles. The number of benzene rings is 2. The largest absolute Gasteiger partial charge is 0.416 e. The van der Waals surface area contributed by atoms with Crippen LogP contribution in [0, 0.1) is 0 Å². The van der Waals surface area contributed by atoms with Gasteiger partial charge in [-0.1, -0.05) is 6.07 Å². The van der Waals surface area contributed by atoms with E-state index in [1.807, 2.05) is 0 Å². The lowest BCUT2D eigenvalue weighted by atomic mass is 10.1. The Morgan fingerprint density at radius 1 is 1.22 bits per heavy atom. The first-order valence-corrected chi connectivity index (χ1v) is 6.56. The van der Waals surface area contributed by atoms with E-state index in [-0.39, 0.29) is 11.3 Å². The number of H-pyrrole nitrogens is 1. The minimum absolute atomic E-state index is 0.0416. The van der Waals surface area contributed by atoms with Gasteiger partial charge in [0.2, 0.25) is 0 Å². The number of alkyl halides is 3. The molecular formula is C15H11F3N4O. The molecule has 5 nitrogen and oxygen atoms in total. The van der Waals surface area contributed by atoms with Gasteiger partial charge in [0.05, 0.1) is 22.8 Å². The number of aromatic amines is 1. The van der Waals surface area contributed by atoms with E-state index in [0.717, 1.165) is 12.1 Å². The van der Waals surface area contributed by atoms with Gasteiger partial charge in [-0.2, -0.15) is 18.3 Å². The summed E-state index contributed by atoms with van der Waals surface area (Å²) in [4.78, 5) is 12.3. The van der Waals surface area contributed by atoms with Gasteiger partial charge in [0.15, 0.2) is 0 Å². The number of hydrogen-bond acceptors (Lipinski definition) is 3. The van der Waals surface area contributed by atoms with Crippen LogP contribution in [-0.4, -0.2) is 16.1 Å². The number of carbonyl (C=O) groups excluding carboxylic acids is 1. The van der Waals surface area contributed by atoms with Gasteiger partial charge in [-0.3, -0.25) is 9.89 Å². The first kappa shape index (κ1) is 14.9. The van der Waals surface area contributed by atoms with Gasteiger partial charge in [0, 0.05) is 16.8 Å². The predicted octanol–water partition coefficient (Wildman–Crippen LogP) is 3.42. The van der Waals surface area contributed by atoms with Crippen molar-refractivity contribution >= 4 is 28.2 Å². The molecule has 0 aliphatic heterocycles. The average Bonchev–Trinajstić information content (AvgIpc) is 2.93. The van der Waals surface area contributed by atoms with Gasteiger partial charge in [0.25, 0.3) is 5.91 Å². The van der Waals surface area contributed by atoms with Gasteiger partial charge in [-0.15, -0.1) is 0 Å². The summed E-state index contributed by atoms with van der Waals surface area (Å²) in [6, 6.07) is 7.48. The van der Waals surface area contributed by atoms with E-state index in [2.05, 4.69) is 15.5 Å². The fraction of sp³-hybridized carbons (Fsp3) is 0.0667. The second-order valence-corrected chi connectivity index (χ2v) is 4.94. The number of rotatable bonds is 2. The molecule has 0 spiro atoms. The topological polar surface area (TPSA) is 83.8 Å². The minimum atomic E-state index is -4.48. The van der Waals surface area contributed by atoms with Crippen LogP contribution in [0.25, 0.3) is 10.9 Å². The van der Waals surface area contributed by atoms with E-state index in [4.69, 9.17) is 5.73 Å². The number of halogens is 3. The summed E-state index contributed by atoms with van der Waals surface area (Å²) in [5.41, 5.74) is 5.95. The second-order valence-electron chi connectivity index (χ2n) is 4.94. The molecule has 0 saturated heterocycles. The second kappa shape index (κ2) is 5.31. The number of hydrogen-bond donors (Lipinski definition) is 3. The van der Waals surface area contributed by atoms with Crippen LogP contribution in [0.1, 0.15) is 15.9 Å². The molecule has 3 rings (SSSR count). The van der Waals surface area contributed by atoms with Crippen molar-refractivity contribution in [3.8, 4) is 0 Å². The van der Waals surface area contributed by atoms with Crippen LogP contribution in [0.15, 0.2) is 42.6 Å². The maximum Gasteiger partial charge on any atom is 0.416 e. The number of nitrogens with one attached hydrogen (secondary N) is 2. The Labute approximate surface area is 128 Å². The minimum Gasteiger partial charge on any atom is -0.399 e. The van der Waals surface area contributed by atoms with Crippen molar-refractivity contribution < 1.29 is 18.0 Å². The molecule has 0 unspecified atom stereocenters. The third-order valence-corrected chi connectivity index (χ3v) is 3.26. The highest BCUT2D eigenvalue weighted by Gasteiger charge is 2.30. The normalized spacial score (nSPS) is 11.6. The maximum atomic E-state index is 12.7. The summed E-state index contributed by atoms with van der Waals surface area (Å²) in [5.74, 6) is -0.578. The van der Waals surface area contributed by atoms with Crippen molar-refractivity contribution in [2.45, 2.75) is 6.18 Å². The highest BCUT2D eigenvalue weighted by atomic mass is 19.4. The molecule has 0 aliphatic rings. The van der Waals surface area contributed by atoms with Crippen LogP contribution in [0.3, 0.4) is 0 Å². The summed E-state index contributed by atoms with van der Waals surface area (Å²) in [5, 5.41) is 9.58. The molecular weight excluding hydrogens is 309 g/mol. The highest BCUT2D eigenvalue weighted by Crippen LogP contribution is 2.31. The first-order chi connectivity index (χ1) is 10.8. The third-order valence-electron chi connectivity index (χ3n) is 3.26. The van der Waals surface area contributed by atoms with Crippen molar-refractivity contribution in [2.24, 2.45) is 0 Å². The molecule has 23 heavy (non-hydrogen) atoms. The molecule has 1 heterocycles. The zero-order valence-corrected chi connectivity index (χ0v) is 11.6. The van der Waals surface area contributed by atoms with Crippen LogP contribution < -0.4 is 11.1 Å². The molecule has 4 N–H and O–H groups in total. The van der Waals surface area contributed by atoms with Gasteiger partial charge in [-0.05, 0) is 30.3 Å². The standard InChI is InChI=1S/C15H11F3N4O/c16-15(17,18)9-2-1-3-11(5-9)21-14(23)12-6-10(19)4-8-7-20-22-13(8)12/h1-7H,19H2,(H,20,22)(H,21,23). The quantitative estimate of drug-likeness (QED) is 0.633. The summed E-state index contributed by atoms with van der Waals surface area (Å²) >= 11 is 0. The lowest BCUT2D eigenvalue weighted by molar-refractivity contribution is -0.137. The number of fused-ring (bicyclic) bond motifs is 1. The van der Waals surface area contributed by atoms with E-state index < -0.39 is 17.6 Å². The van der Waals surface area contributed by atoms with Gasteiger partial charge >= 0.3 is 6.18 Å². The average molecular weight is 320 g/mol. The summed E-state index contributed by atoms with van der Waals surface area (Å²) in [6.45, 7) is 0. The predicted molar refractivity (Wildman–Crippen MR) is 79.9 cm³/mol. The molecule has 1 aromatic heterocycles. The van der Waals surface area contributed by atoms with E-state index in [9.17, 15) is 18.0 Å². The Balaban J connectivity index is 1.94. The van der Waals surface area contributed by atoms with Crippen LogP contribution in [0.5, 0.6) is 0 Å². The molecule has 118 valence electrons. The zero-order valence-electron chi connectivity index (χ0n) is 11.6. The molecule has 8 heteroatoms. The number of carbonyl (C=O) groups is 1. The van der Waals surface area contributed by atoms with Gasteiger partial charge in [0.1, 0.15) is 0 Å². The van der Waals surface area contributed by atoms with Crippen molar-refractivity contribution in [3.05, 3.63) is 53.7 Å². The Morgan fingerprint density at radius 2 is 2.00 bits per heavy atom. The van der Waals surface area contributed by atoms with Crippen molar-refractivity contribution in [1.29, 1.82) is 0 Å². The number of amides is 1. The van der Waals surface area contributed by atoms with Crippen LogP contribution >= 0.6 is 0 Å². The Kier molecular flexibility index (Phi) is 3.44. The van der Waals surface area contributed by atoms with Crippen molar-refractivity contribution in [1.82, 2.24) is 10.2 Å². The molecule has 0 saturated carbocycles. The molecule has 3 aromatic rings. The number of nitrogens with zero attached hydrogens (tertiary/aromatic N) is 1. The Hall–Kier alpha value is -3.03. The lowest BCUT2D eigenvalue weighted by Gasteiger charge is -2.10. The summed E-state index contributed by atoms with van der Waals surface area (Å²) in [6.07, 6.45) is -2.97. The smallest absolute Gasteiger partial charge is 0.399 e. The molecule has 0 atom stereocenters.